The van der Waals surface area contributed by atoms with E-state index in [0.29, 0.717) is 266 Å². The van der Waals surface area contributed by atoms with E-state index in [9.17, 15) is 29.7 Å². The van der Waals surface area contributed by atoms with Crippen LogP contribution in [-0.2, 0) is 56.8 Å². The molecule has 0 amide bonds. The van der Waals surface area contributed by atoms with Gasteiger partial charge in [0.15, 0.2) is 17.3 Å². The van der Waals surface area contributed by atoms with Gasteiger partial charge in [-0.05, 0) is 210 Å². The van der Waals surface area contributed by atoms with Crippen LogP contribution in [0.25, 0.3) is 39.1 Å². The maximum absolute atomic E-state index is 12.5. The van der Waals surface area contributed by atoms with Crippen molar-refractivity contribution in [2.24, 2.45) is 0 Å². The second-order valence-corrected chi connectivity index (χ2v) is 25.2. The fourth-order valence-corrected chi connectivity index (χ4v) is 10.5. The predicted octanol–water partition coefficient (Wildman–Crippen LogP) is 11.8. The number of benzene rings is 7. The van der Waals surface area contributed by atoms with Crippen LogP contribution < -0.4 is 49.5 Å². The van der Waals surface area contributed by atoms with Crippen LogP contribution in [0.15, 0.2) is 207 Å². The number of hydrogen-bond acceptors (Lipinski definition) is 27. The summed E-state index contributed by atoms with van der Waals surface area (Å²) >= 11 is 0. The largest absolute Gasteiger partial charge is 3.00 e. The van der Waals surface area contributed by atoms with Crippen molar-refractivity contribution in [1.82, 2.24) is 9.97 Å². The average Bonchev–Trinajstić information content (AvgIpc) is 0.797. The normalized spacial score (nSPS) is 11.3. The van der Waals surface area contributed by atoms with Crippen LogP contribution in [0.5, 0.6) is 34.5 Å². The number of rotatable bonds is 57. The van der Waals surface area contributed by atoms with Gasteiger partial charge in [0.2, 0.25) is 0 Å². The summed E-state index contributed by atoms with van der Waals surface area (Å²) in [6, 6.07) is 49.5. The minimum atomic E-state index is -0.370. The summed E-state index contributed by atoms with van der Waals surface area (Å²) in [6.45, 7) is 27.2. The Morgan fingerprint density at radius 1 is 0.281 bits per heavy atom. The Balaban J connectivity index is 0.000000295. The van der Waals surface area contributed by atoms with Crippen molar-refractivity contribution in [2.75, 3.05) is 204 Å². The number of nitrogens with two attached hydrogens (primary N) is 1. The number of hydrogen-bond donors (Lipinski definition) is 1. The first-order chi connectivity index (χ1) is 58.8. The zero-order valence-corrected chi connectivity index (χ0v) is 72.4. The van der Waals surface area contributed by atoms with Gasteiger partial charge in [-0.3, -0.25) is 24.4 Å². The van der Waals surface area contributed by atoms with Crippen LogP contribution in [0.3, 0.4) is 0 Å². The van der Waals surface area contributed by atoms with Crippen LogP contribution in [0, 0.1) is 49.4 Å². The van der Waals surface area contributed by atoms with E-state index in [4.69, 9.17) is 91.0 Å². The van der Waals surface area contributed by atoms with E-state index in [1.54, 1.807) is 158 Å². The number of allylic oxidation sites excluding steroid dienone is 3. The van der Waals surface area contributed by atoms with E-state index in [2.05, 4.69) is 9.97 Å². The van der Waals surface area contributed by atoms with Crippen LogP contribution >= 0.6 is 0 Å². The van der Waals surface area contributed by atoms with Crippen molar-refractivity contribution >= 4 is 62.1 Å². The monoisotopic (exact) mass is 1810 g/mol. The Hall–Kier alpha value is -9.31. The van der Waals surface area contributed by atoms with Crippen molar-refractivity contribution < 1.29 is 164 Å². The van der Waals surface area contributed by atoms with E-state index in [1.807, 2.05) is 71.9 Å². The first-order valence-corrected chi connectivity index (χ1v) is 40.3. The van der Waals surface area contributed by atoms with Crippen molar-refractivity contribution in [3.05, 3.63) is 240 Å². The predicted molar refractivity (Wildman–Crippen MR) is 454 cm³/mol. The third-order valence-electron chi connectivity index (χ3n) is 16.5. The molecule has 27 nitrogen and oxygen atoms in total. The molecule has 0 spiro atoms. The molecule has 121 heavy (non-hydrogen) atoms. The first-order valence-electron chi connectivity index (χ1n) is 40.3. The number of nitrogens with zero attached hydrogens (tertiary/aromatic N) is 2. The van der Waals surface area contributed by atoms with Gasteiger partial charge < -0.3 is 106 Å². The Kier molecular flexibility index (Phi) is 54.5. The van der Waals surface area contributed by atoms with Gasteiger partial charge >= 0.3 is 49.4 Å². The summed E-state index contributed by atoms with van der Waals surface area (Å²) in [5.41, 5.74) is 10.9. The molecule has 2 heterocycles. The third kappa shape index (κ3) is 42.9. The average molecular weight is 1810 g/mol. The van der Waals surface area contributed by atoms with Crippen molar-refractivity contribution in [2.45, 2.75) is 41.5 Å². The maximum Gasteiger partial charge on any atom is 3.00 e. The van der Waals surface area contributed by atoms with E-state index < -0.39 is 0 Å². The summed E-state index contributed by atoms with van der Waals surface area (Å²) in [6.07, 6.45) is 6.79. The summed E-state index contributed by atoms with van der Waals surface area (Å²) < 4.78 is 97.0. The molecule has 0 aliphatic heterocycles. The van der Waals surface area contributed by atoms with Gasteiger partial charge in [0.25, 0.3) is 0 Å². The van der Waals surface area contributed by atoms with Crippen LogP contribution in [0.2, 0.25) is 0 Å². The zero-order chi connectivity index (χ0) is 85.7. The van der Waals surface area contributed by atoms with Gasteiger partial charge in [0, 0.05) is 85.2 Å². The molecule has 0 bridgehead atoms. The smallest absolute Gasteiger partial charge is 0.872 e. The van der Waals surface area contributed by atoms with Gasteiger partial charge in [0.05, 0.1) is 130 Å². The minimum Gasteiger partial charge on any atom is -0.872 e. The molecule has 9 aromatic rings. The summed E-state index contributed by atoms with van der Waals surface area (Å²) in [5, 5.41) is 39.4. The second-order valence-electron chi connectivity index (χ2n) is 25.2. The molecule has 28 heteroatoms. The molecule has 0 radical (unpaired) electrons. The molecule has 0 aliphatic rings. The summed E-state index contributed by atoms with van der Waals surface area (Å²) in [4.78, 5) is 46.1. The number of pyridine rings is 2. The van der Waals surface area contributed by atoms with E-state index in [0.717, 1.165) is 45.7 Å². The summed E-state index contributed by atoms with van der Waals surface area (Å²) in [7, 11) is 0. The standard InChI is InChI=1S/3C27H36O8.C12H9N3.Eu/c3*1-3-30-13-15-32-17-19-34-24-9-5-22(6-10-24)26(28)21-27(29)23-7-11-25(12-8-23)35-20-18-33-16-14-31-4-2;13-10-7-8-3-1-5-14-11(8)12-9(10)4-2-6-15-12;/h3*5-12,21,28H,3-4,13-20H2,1-2H3;1-7H,13H2;/q;;;;+3/p-3/b3*26-21-;;. The number of fused-ring (bicyclic) bond motifs is 3. The Morgan fingerprint density at radius 3 is 0.727 bits per heavy atom. The number of anilines is 1. The SMILES string of the molecule is CCOCCOCCOc1ccc(C(=O)/C=C(\[O-])c2ccc(OCCOCCOCC)cc2)cc1.CCOCCOCCOc1ccc(C(=O)/C=C(\[O-])c2ccc(OCCOCCOCC)cc2)cc1.CCOCCOCCOc1ccc(C(=O)/C=C(\[O-])c2ccc(OCCOCCOCC)cc2)cc1.Nc1cc2cccnc2c2ncccc12.[Eu+3]. The van der Waals surface area contributed by atoms with Gasteiger partial charge in [0.1, 0.15) is 74.1 Å². The molecule has 0 fully saturated rings. The van der Waals surface area contributed by atoms with E-state index in [1.165, 1.54) is 0 Å². The fourth-order valence-electron chi connectivity index (χ4n) is 10.5. The molecule has 2 aromatic heterocycles. The molecule has 2 N–H and O–H groups in total. The molecular formula is C93H114EuN3O24. The topological polar surface area (TPSA) is 338 Å². The molecule has 0 unspecified atom stereocenters. The zero-order valence-electron chi connectivity index (χ0n) is 70.0. The van der Waals surface area contributed by atoms with Gasteiger partial charge in [-0.1, -0.05) is 59.7 Å². The molecule has 0 aliphatic carbocycles. The van der Waals surface area contributed by atoms with Crippen molar-refractivity contribution in [3.8, 4) is 34.5 Å². The number of ketones is 3. The van der Waals surface area contributed by atoms with Crippen LogP contribution in [0.4, 0.5) is 5.69 Å². The number of carbonyl (C=O) groups is 3. The fraction of sp³-hybridized carbons (Fsp3) is 0.387. The molecule has 0 saturated carbocycles. The first kappa shape index (κ1) is 102. The number of carbonyl (C=O) groups excluding carboxylic acids is 3. The van der Waals surface area contributed by atoms with Gasteiger partial charge in [-0.2, -0.15) is 0 Å². The molecule has 652 valence electrons. The van der Waals surface area contributed by atoms with Gasteiger partial charge in [-0.15, -0.1) is 0 Å². The van der Waals surface area contributed by atoms with Crippen molar-refractivity contribution in [1.29, 1.82) is 0 Å². The Morgan fingerprint density at radius 2 is 0.488 bits per heavy atom. The Bertz CT molecular complexity index is 4020. The molecule has 7 aromatic carbocycles. The van der Waals surface area contributed by atoms with E-state index in [-0.39, 0.29) is 84.0 Å². The number of ether oxygens (including phenoxy) is 18. The summed E-state index contributed by atoms with van der Waals surface area (Å²) in [5.74, 6) is 1.51. The Labute approximate surface area is 750 Å². The molecular weight excluding hydrogens is 1690 g/mol. The van der Waals surface area contributed by atoms with Gasteiger partial charge in [-0.25, -0.2) is 0 Å². The minimum absolute atomic E-state index is 0. The third-order valence-corrected chi connectivity index (χ3v) is 16.5. The van der Waals surface area contributed by atoms with E-state index >= 15 is 0 Å². The quantitative estimate of drug-likeness (QED) is 0.00924. The second kappa shape index (κ2) is 64.5. The molecule has 9 rings (SSSR count). The molecule has 0 atom stereocenters. The maximum atomic E-state index is 12.5. The van der Waals surface area contributed by atoms with Crippen molar-refractivity contribution in [3.63, 3.8) is 0 Å². The molecule has 0 saturated heterocycles. The van der Waals surface area contributed by atoms with Crippen LogP contribution in [-0.4, -0.2) is 226 Å². The number of nitrogen functional groups attached to an aromatic ring is 1. The van der Waals surface area contributed by atoms with Crippen LogP contribution in [0.1, 0.15) is 89.3 Å². The number of aromatic nitrogens is 2.